The first-order valence-corrected chi connectivity index (χ1v) is 8.36. The average molecular weight is 341 g/mol. The fourth-order valence-electron chi connectivity index (χ4n) is 2.90. The van der Waals surface area contributed by atoms with Gasteiger partial charge in [0.25, 0.3) is 0 Å². The van der Waals surface area contributed by atoms with Gasteiger partial charge in [0.05, 0.1) is 13.2 Å². The molecule has 1 atom stereocenters. The lowest BCUT2D eigenvalue weighted by Gasteiger charge is -2.33. The summed E-state index contributed by atoms with van der Waals surface area (Å²) in [6.45, 7) is 1.51. The maximum atomic E-state index is 12.9. The Morgan fingerprint density at radius 3 is 2.48 bits per heavy atom. The van der Waals surface area contributed by atoms with Crippen molar-refractivity contribution in [2.75, 3.05) is 19.7 Å². The normalized spacial score (nSPS) is 17.3. The Kier molecular flexibility index (Phi) is 5.56. The molecule has 2 aromatic rings. The third kappa shape index (κ3) is 4.51. The van der Waals surface area contributed by atoms with Gasteiger partial charge in [-0.3, -0.25) is 9.59 Å². The van der Waals surface area contributed by atoms with Crippen molar-refractivity contribution in [3.63, 3.8) is 0 Å². The monoisotopic (exact) mass is 341 g/mol. The molecule has 130 valence electrons. The van der Waals surface area contributed by atoms with Crippen LogP contribution >= 0.6 is 0 Å². The van der Waals surface area contributed by atoms with E-state index in [0.29, 0.717) is 25.3 Å². The van der Waals surface area contributed by atoms with Crippen LogP contribution in [0.15, 0.2) is 54.6 Å². The summed E-state index contributed by atoms with van der Waals surface area (Å²) in [6, 6.07) is 15.2. The number of carbonyl (C=O) groups is 2. The quantitative estimate of drug-likeness (QED) is 0.783. The Balaban J connectivity index is 1.54. The second-order valence-electron chi connectivity index (χ2n) is 6.04. The summed E-state index contributed by atoms with van der Waals surface area (Å²) in [5.74, 6) is -0.589. The highest BCUT2D eigenvalue weighted by Gasteiger charge is 2.25. The standard InChI is InChI=1S/C20H20FNO3/c21-17-8-6-15(7-9-17)18(23)10-11-20(24)22-12-13-25-19(14-22)16-4-2-1-3-5-16/h1-9,19H,10-14H2. The summed E-state index contributed by atoms with van der Waals surface area (Å²) in [7, 11) is 0. The molecule has 25 heavy (non-hydrogen) atoms. The molecule has 1 saturated heterocycles. The highest BCUT2D eigenvalue weighted by atomic mass is 19.1. The lowest BCUT2D eigenvalue weighted by atomic mass is 10.1. The van der Waals surface area contributed by atoms with Gasteiger partial charge in [-0.05, 0) is 29.8 Å². The highest BCUT2D eigenvalue weighted by Crippen LogP contribution is 2.22. The van der Waals surface area contributed by atoms with Gasteiger partial charge in [0.2, 0.25) is 5.91 Å². The molecular weight excluding hydrogens is 321 g/mol. The number of halogens is 1. The zero-order valence-electron chi connectivity index (χ0n) is 13.9. The van der Waals surface area contributed by atoms with E-state index < -0.39 is 0 Å². The molecule has 0 N–H and O–H groups in total. The van der Waals surface area contributed by atoms with Crippen molar-refractivity contribution in [2.24, 2.45) is 0 Å². The van der Waals surface area contributed by atoms with Crippen LogP contribution in [0.3, 0.4) is 0 Å². The minimum absolute atomic E-state index is 0.0558. The van der Waals surface area contributed by atoms with E-state index in [-0.39, 0.29) is 36.5 Å². The second-order valence-corrected chi connectivity index (χ2v) is 6.04. The zero-order chi connectivity index (χ0) is 17.6. The van der Waals surface area contributed by atoms with Crippen LogP contribution in [0.1, 0.15) is 34.9 Å². The van der Waals surface area contributed by atoms with Gasteiger partial charge in [-0.25, -0.2) is 4.39 Å². The average Bonchev–Trinajstić information content (AvgIpc) is 2.67. The molecule has 1 aliphatic rings. The Hall–Kier alpha value is -2.53. The van der Waals surface area contributed by atoms with Gasteiger partial charge in [-0.2, -0.15) is 0 Å². The fraction of sp³-hybridized carbons (Fsp3) is 0.300. The van der Waals surface area contributed by atoms with Crippen LogP contribution < -0.4 is 0 Å². The van der Waals surface area contributed by atoms with E-state index in [1.165, 1.54) is 24.3 Å². The third-order valence-corrected chi connectivity index (χ3v) is 4.32. The van der Waals surface area contributed by atoms with Crippen LogP contribution in [0.5, 0.6) is 0 Å². The largest absolute Gasteiger partial charge is 0.370 e. The molecule has 1 heterocycles. The molecule has 1 amide bonds. The maximum absolute atomic E-state index is 12.9. The molecule has 0 spiro atoms. The minimum Gasteiger partial charge on any atom is -0.370 e. The van der Waals surface area contributed by atoms with Crippen LogP contribution in [0.4, 0.5) is 4.39 Å². The van der Waals surface area contributed by atoms with Crippen LogP contribution in [0.25, 0.3) is 0 Å². The molecule has 5 heteroatoms. The molecular formula is C20H20FNO3. The molecule has 0 aromatic heterocycles. The molecule has 2 aromatic carbocycles. The first-order valence-electron chi connectivity index (χ1n) is 8.36. The van der Waals surface area contributed by atoms with Gasteiger partial charge in [-0.1, -0.05) is 30.3 Å². The topological polar surface area (TPSA) is 46.6 Å². The van der Waals surface area contributed by atoms with Gasteiger partial charge >= 0.3 is 0 Å². The van der Waals surface area contributed by atoms with E-state index in [1.807, 2.05) is 30.3 Å². The van der Waals surface area contributed by atoms with E-state index in [2.05, 4.69) is 0 Å². The SMILES string of the molecule is O=C(CCC(=O)N1CCOC(c2ccccc2)C1)c1ccc(F)cc1. The van der Waals surface area contributed by atoms with Crippen molar-refractivity contribution >= 4 is 11.7 Å². The van der Waals surface area contributed by atoms with Gasteiger partial charge in [-0.15, -0.1) is 0 Å². The van der Waals surface area contributed by atoms with E-state index >= 15 is 0 Å². The van der Waals surface area contributed by atoms with Crippen LogP contribution in [-0.2, 0) is 9.53 Å². The van der Waals surface area contributed by atoms with Crippen molar-refractivity contribution in [3.8, 4) is 0 Å². The zero-order valence-corrected chi connectivity index (χ0v) is 13.9. The number of ketones is 1. The smallest absolute Gasteiger partial charge is 0.223 e. The number of Topliss-reactive ketones (excluding diaryl/α,β-unsaturated/α-hetero) is 1. The van der Waals surface area contributed by atoms with Crippen molar-refractivity contribution in [2.45, 2.75) is 18.9 Å². The second kappa shape index (κ2) is 8.03. The fourth-order valence-corrected chi connectivity index (χ4v) is 2.90. The summed E-state index contributed by atoms with van der Waals surface area (Å²) in [5.41, 5.74) is 1.47. The van der Waals surface area contributed by atoms with Crippen molar-refractivity contribution in [3.05, 3.63) is 71.5 Å². The van der Waals surface area contributed by atoms with Crippen LogP contribution in [0, 0.1) is 5.82 Å². The van der Waals surface area contributed by atoms with E-state index in [4.69, 9.17) is 4.74 Å². The van der Waals surface area contributed by atoms with Gasteiger partial charge in [0.1, 0.15) is 11.9 Å². The lowest BCUT2D eigenvalue weighted by molar-refractivity contribution is -0.139. The molecule has 0 bridgehead atoms. The van der Waals surface area contributed by atoms with Gasteiger partial charge < -0.3 is 9.64 Å². The molecule has 4 nitrogen and oxygen atoms in total. The predicted octanol–water partition coefficient (Wildman–Crippen LogP) is 3.39. The molecule has 1 unspecified atom stereocenters. The number of ether oxygens (including phenoxy) is 1. The summed E-state index contributed by atoms with van der Waals surface area (Å²) < 4.78 is 18.7. The van der Waals surface area contributed by atoms with Crippen LogP contribution in [0.2, 0.25) is 0 Å². The van der Waals surface area contributed by atoms with Gasteiger partial charge in [0, 0.05) is 24.9 Å². The lowest BCUT2D eigenvalue weighted by Crippen LogP contribution is -2.42. The Morgan fingerprint density at radius 2 is 1.76 bits per heavy atom. The number of benzene rings is 2. The number of amides is 1. The molecule has 3 rings (SSSR count). The van der Waals surface area contributed by atoms with Gasteiger partial charge in [0.15, 0.2) is 5.78 Å². The first kappa shape index (κ1) is 17.3. The number of morpholine rings is 1. The molecule has 1 aliphatic heterocycles. The number of carbonyl (C=O) groups excluding carboxylic acids is 2. The Bertz CT molecular complexity index is 730. The summed E-state index contributed by atoms with van der Waals surface area (Å²) >= 11 is 0. The van der Waals surface area contributed by atoms with E-state index in [1.54, 1.807) is 4.90 Å². The number of rotatable bonds is 5. The summed E-state index contributed by atoms with van der Waals surface area (Å²) in [5, 5.41) is 0. The number of hydrogen-bond acceptors (Lipinski definition) is 3. The molecule has 1 fully saturated rings. The Labute approximate surface area is 146 Å². The van der Waals surface area contributed by atoms with E-state index in [9.17, 15) is 14.0 Å². The minimum atomic E-state index is -0.382. The first-order chi connectivity index (χ1) is 12.1. The maximum Gasteiger partial charge on any atom is 0.223 e. The number of nitrogens with zero attached hydrogens (tertiary/aromatic N) is 1. The van der Waals surface area contributed by atoms with Crippen molar-refractivity contribution in [1.29, 1.82) is 0 Å². The predicted molar refractivity (Wildman–Crippen MR) is 91.7 cm³/mol. The third-order valence-electron chi connectivity index (χ3n) is 4.32. The Morgan fingerprint density at radius 1 is 1.04 bits per heavy atom. The summed E-state index contributed by atoms with van der Waals surface area (Å²) in [4.78, 5) is 26.3. The number of hydrogen-bond donors (Lipinski definition) is 0. The van der Waals surface area contributed by atoms with Crippen molar-refractivity contribution in [1.82, 2.24) is 4.90 Å². The molecule has 0 radical (unpaired) electrons. The van der Waals surface area contributed by atoms with Crippen LogP contribution in [-0.4, -0.2) is 36.3 Å². The van der Waals surface area contributed by atoms with E-state index in [0.717, 1.165) is 5.56 Å². The molecule has 0 saturated carbocycles. The van der Waals surface area contributed by atoms with Crippen molar-refractivity contribution < 1.29 is 18.7 Å². The summed E-state index contributed by atoms with van der Waals surface area (Å²) in [6.07, 6.45) is 0.141. The highest BCUT2D eigenvalue weighted by molar-refractivity contribution is 5.97. The molecule has 0 aliphatic carbocycles.